The smallest absolute Gasteiger partial charge is 0.148 e. The first-order valence-corrected chi connectivity index (χ1v) is 22.2. The van der Waals surface area contributed by atoms with Gasteiger partial charge in [0.05, 0.1) is 28.0 Å². The Kier molecular flexibility index (Phi) is 12.2. The Labute approximate surface area is 398 Å². The number of phenols is 1. The van der Waals surface area contributed by atoms with Crippen molar-refractivity contribution in [3.8, 4) is 78.7 Å². The molecule has 0 atom stereocenters. The van der Waals surface area contributed by atoms with Gasteiger partial charge in [-0.3, -0.25) is 14.5 Å². The molecule has 3 aromatic heterocycles. The Morgan fingerprint density at radius 1 is 0.492 bits per heavy atom. The molecule has 9 aromatic rings. The van der Waals surface area contributed by atoms with Gasteiger partial charge in [-0.05, 0) is 74.9 Å². The van der Waals surface area contributed by atoms with E-state index in [0.717, 1.165) is 89.3 Å². The van der Waals surface area contributed by atoms with Gasteiger partial charge in [0, 0.05) is 55.8 Å². The number of aromatic hydroxyl groups is 1. The van der Waals surface area contributed by atoms with E-state index in [4.69, 9.17) is 9.97 Å². The summed E-state index contributed by atoms with van der Waals surface area (Å²) in [6.07, 6.45) is 3.69. The van der Waals surface area contributed by atoms with Crippen LogP contribution in [0, 0.1) is 6.07 Å². The van der Waals surface area contributed by atoms with Crippen LogP contribution in [0.5, 0.6) is 5.75 Å². The molecular weight excluding hydrogens is 976 g/mol. The van der Waals surface area contributed by atoms with Crippen molar-refractivity contribution in [2.45, 2.75) is 78.6 Å². The quantitative estimate of drug-likeness (QED) is 0.162. The van der Waals surface area contributed by atoms with Crippen LogP contribution in [0.1, 0.15) is 79.0 Å². The second-order valence-corrected chi connectivity index (χ2v) is 19.9. The monoisotopic (exact) mass is 1030 g/mol. The standard InChI is InChI=1S/C59H55N4O.Pt/c1-57(2,3)44-32-42(31-43(33-44)51-28-26-41(37-61-51)50-24-16-17-30-60-50)46-23-18-25-53-54(46)62-56(48-35-45(58(4,5)6)36-49(55(48)64)59(7,8)9)63(53)52-29-27-40(38-19-12-10-13-20-38)34-47(52)39-21-14-11-15-22-39;/h10-30,32-37,64H,1-9H3;/q-1;. The van der Waals surface area contributed by atoms with Crippen molar-refractivity contribution in [1.29, 1.82) is 0 Å². The molecule has 0 aliphatic carbocycles. The van der Waals surface area contributed by atoms with Gasteiger partial charge in [0.2, 0.25) is 0 Å². The van der Waals surface area contributed by atoms with Gasteiger partial charge in [0.15, 0.2) is 0 Å². The summed E-state index contributed by atoms with van der Waals surface area (Å²) in [6, 6.07) is 56.8. The third kappa shape index (κ3) is 9.00. The minimum absolute atomic E-state index is 0. The maximum absolute atomic E-state index is 12.5. The molecule has 9 rings (SSSR count). The number of hydrogen-bond acceptors (Lipinski definition) is 4. The van der Waals surface area contributed by atoms with Crippen molar-refractivity contribution < 1.29 is 26.2 Å². The molecule has 6 heteroatoms. The van der Waals surface area contributed by atoms with Crippen molar-refractivity contribution in [3.05, 3.63) is 187 Å². The van der Waals surface area contributed by atoms with Crippen molar-refractivity contribution >= 4 is 11.0 Å². The summed E-state index contributed by atoms with van der Waals surface area (Å²) in [5.74, 6) is 0.907. The summed E-state index contributed by atoms with van der Waals surface area (Å²) in [7, 11) is 0. The fourth-order valence-electron chi connectivity index (χ4n) is 8.47. The maximum atomic E-state index is 12.5. The Hall–Kier alpha value is -6.42. The molecule has 0 unspecified atom stereocenters. The first-order valence-electron chi connectivity index (χ1n) is 22.2. The molecule has 0 aliphatic heterocycles. The summed E-state index contributed by atoms with van der Waals surface area (Å²) in [5.41, 5.74) is 15.7. The summed E-state index contributed by atoms with van der Waals surface area (Å²) in [5, 5.41) is 12.5. The maximum Gasteiger partial charge on any atom is 0.148 e. The molecule has 328 valence electrons. The molecule has 6 aromatic carbocycles. The molecule has 0 saturated carbocycles. The third-order valence-corrected chi connectivity index (χ3v) is 12.2. The van der Waals surface area contributed by atoms with E-state index >= 15 is 0 Å². The van der Waals surface area contributed by atoms with Crippen LogP contribution in [0.3, 0.4) is 0 Å². The van der Waals surface area contributed by atoms with E-state index in [-0.39, 0.29) is 43.1 Å². The number of fused-ring (bicyclic) bond motifs is 1. The molecule has 0 radical (unpaired) electrons. The molecule has 1 N–H and O–H groups in total. The number of pyridine rings is 2. The van der Waals surface area contributed by atoms with Crippen LogP contribution in [0.4, 0.5) is 0 Å². The molecule has 65 heavy (non-hydrogen) atoms. The number of benzene rings is 6. The SMILES string of the molecule is CC(C)(C)c1cc(-c2ccc(-c3ccccn3)cn2)[c-]c(-c2cccc3c2nc(-c2cc(C(C)(C)C)cc(C(C)(C)C)c2O)n3-c2ccc(-c3ccccc3)cc2-c2ccccc2)c1.[Pt]. The van der Waals surface area contributed by atoms with Crippen LogP contribution in [-0.2, 0) is 37.3 Å². The van der Waals surface area contributed by atoms with Crippen LogP contribution in [0.15, 0.2) is 164 Å². The molecule has 0 fully saturated rings. The van der Waals surface area contributed by atoms with Crippen molar-refractivity contribution in [1.82, 2.24) is 19.5 Å². The van der Waals surface area contributed by atoms with Crippen LogP contribution in [0.2, 0.25) is 0 Å². The van der Waals surface area contributed by atoms with Crippen LogP contribution < -0.4 is 0 Å². The first-order chi connectivity index (χ1) is 30.5. The van der Waals surface area contributed by atoms with Gasteiger partial charge >= 0.3 is 0 Å². The average molecular weight is 1030 g/mol. The van der Waals surface area contributed by atoms with E-state index in [1.807, 2.05) is 24.4 Å². The molecule has 5 nitrogen and oxygen atoms in total. The zero-order chi connectivity index (χ0) is 45.0. The topological polar surface area (TPSA) is 63.8 Å². The molecule has 0 saturated heterocycles. The van der Waals surface area contributed by atoms with Crippen molar-refractivity contribution in [2.75, 3.05) is 0 Å². The Bertz CT molecular complexity index is 3140. The van der Waals surface area contributed by atoms with E-state index in [1.165, 1.54) is 0 Å². The molecule has 3 heterocycles. The Balaban J connectivity index is 0.00000576. The molecule has 0 aliphatic rings. The average Bonchev–Trinajstić information content (AvgIpc) is 3.68. The summed E-state index contributed by atoms with van der Waals surface area (Å²) >= 11 is 0. The van der Waals surface area contributed by atoms with E-state index in [0.29, 0.717) is 11.4 Å². The van der Waals surface area contributed by atoms with Crippen molar-refractivity contribution in [2.24, 2.45) is 0 Å². The number of nitrogens with zero attached hydrogens (tertiary/aromatic N) is 4. The Morgan fingerprint density at radius 3 is 1.77 bits per heavy atom. The van der Waals surface area contributed by atoms with Crippen LogP contribution in [0.25, 0.3) is 84.0 Å². The van der Waals surface area contributed by atoms with E-state index < -0.39 is 0 Å². The predicted octanol–water partition coefficient (Wildman–Crippen LogP) is 15.2. The van der Waals surface area contributed by atoms with Gasteiger partial charge < -0.3 is 5.11 Å². The molecule has 0 amide bonds. The Morgan fingerprint density at radius 2 is 1.14 bits per heavy atom. The van der Waals surface area contributed by atoms with Gasteiger partial charge in [-0.1, -0.05) is 177 Å². The minimum atomic E-state index is -0.336. The number of phenolic OH excluding ortho intramolecular Hbond substituents is 1. The van der Waals surface area contributed by atoms with Gasteiger partial charge in [0.1, 0.15) is 11.6 Å². The predicted molar refractivity (Wildman–Crippen MR) is 266 cm³/mol. The molecular formula is C59H55N4OPt-. The fraction of sp³-hybridized carbons (Fsp3) is 0.203. The fourth-order valence-corrected chi connectivity index (χ4v) is 8.47. The zero-order valence-corrected chi connectivity index (χ0v) is 40.9. The zero-order valence-electron chi connectivity index (χ0n) is 38.6. The van der Waals surface area contributed by atoms with Crippen molar-refractivity contribution in [3.63, 3.8) is 0 Å². The third-order valence-electron chi connectivity index (χ3n) is 12.2. The second kappa shape index (κ2) is 17.5. The van der Waals surface area contributed by atoms with Crippen LogP contribution in [-0.4, -0.2) is 24.6 Å². The normalized spacial score (nSPS) is 12.0. The number of imidazole rings is 1. The van der Waals surface area contributed by atoms with E-state index in [1.54, 1.807) is 6.20 Å². The minimum Gasteiger partial charge on any atom is -0.507 e. The van der Waals surface area contributed by atoms with Crippen LogP contribution >= 0.6 is 0 Å². The summed E-state index contributed by atoms with van der Waals surface area (Å²) in [4.78, 5) is 15.2. The van der Waals surface area contributed by atoms with E-state index in [2.05, 4.69) is 211 Å². The van der Waals surface area contributed by atoms with Gasteiger partial charge in [-0.15, -0.1) is 29.3 Å². The number of rotatable bonds is 7. The summed E-state index contributed by atoms with van der Waals surface area (Å²) < 4.78 is 2.26. The number of aromatic nitrogens is 4. The molecule has 0 spiro atoms. The largest absolute Gasteiger partial charge is 0.507 e. The first kappa shape index (κ1) is 45.2. The summed E-state index contributed by atoms with van der Waals surface area (Å²) in [6.45, 7) is 19.9. The van der Waals surface area contributed by atoms with Gasteiger partial charge in [-0.2, -0.15) is 0 Å². The molecule has 0 bridgehead atoms. The number of hydrogen-bond donors (Lipinski definition) is 1. The second-order valence-electron chi connectivity index (χ2n) is 19.9. The van der Waals surface area contributed by atoms with Gasteiger partial charge in [0.25, 0.3) is 0 Å². The van der Waals surface area contributed by atoms with Gasteiger partial charge in [-0.25, -0.2) is 4.98 Å². The number of para-hydroxylation sites is 1. The van der Waals surface area contributed by atoms with E-state index in [9.17, 15) is 5.11 Å².